The minimum absolute atomic E-state index is 0.153. The van der Waals surface area contributed by atoms with Gasteiger partial charge < -0.3 is 4.90 Å². The summed E-state index contributed by atoms with van der Waals surface area (Å²) in [7, 11) is 0. The Hall–Kier alpha value is -3.19. The van der Waals surface area contributed by atoms with Crippen molar-refractivity contribution in [2.24, 2.45) is 0 Å². The lowest BCUT2D eigenvalue weighted by Gasteiger charge is -2.17. The Morgan fingerprint density at radius 2 is 1.96 bits per heavy atom. The Morgan fingerprint density at radius 3 is 2.67 bits per heavy atom. The first kappa shape index (κ1) is 14.4. The number of anilines is 1. The highest BCUT2D eigenvalue weighted by Gasteiger charge is 2.22. The van der Waals surface area contributed by atoms with Gasteiger partial charge in [0, 0.05) is 35.8 Å². The van der Waals surface area contributed by atoms with E-state index >= 15 is 0 Å². The average molecular weight is 313 g/mol. The Kier molecular flexibility index (Phi) is 3.47. The number of rotatable bonds is 2. The van der Waals surface area contributed by atoms with Gasteiger partial charge in [0.2, 0.25) is 5.91 Å². The number of pyridine rings is 1. The van der Waals surface area contributed by atoms with Crippen LogP contribution in [0.1, 0.15) is 18.4 Å². The first-order valence-corrected chi connectivity index (χ1v) is 7.96. The van der Waals surface area contributed by atoms with E-state index in [4.69, 9.17) is 0 Å². The second-order valence-electron chi connectivity index (χ2n) is 5.88. The molecule has 4 heteroatoms. The summed E-state index contributed by atoms with van der Waals surface area (Å²) in [5, 5.41) is 10.4. The number of nitriles is 1. The number of fused-ring (bicyclic) bond motifs is 1. The molecule has 0 saturated carbocycles. The molecule has 0 aliphatic carbocycles. The Labute approximate surface area is 140 Å². The lowest BCUT2D eigenvalue weighted by molar-refractivity contribution is -0.117. The van der Waals surface area contributed by atoms with E-state index < -0.39 is 0 Å². The normalized spacial score (nSPS) is 14.1. The maximum absolute atomic E-state index is 12.0. The van der Waals surface area contributed by atoms with Crippen LogP contribution in [0, 0.1) is 11.3 Å². The van der Waals surface area contributed by atoms with Gasteiger partial charge in [-0.25, -0.2) is 0 Å². The highest BCUT2D eigenvalue weighted by molar-refractivity contribution is 6.02. The van der Waals surface area contributed by atoms with Gasteiger partial charge in [-0.15, -0.1) is 0 Å². The van der Waals surface area contributed by atoms with E-state index in [9.17, 15) is 10.1 Å². The number of nitrogens with zero attached hydrogens (tertiary/aromatic N) is 3. The average Bonchev–Trinajstić information content (AvgIpc) is 3.07. The molecule has 0 spiro atoms. The Bertz CT molecular complexity index is 973. The predicted octanol–water partition coefficient (Wildman–Crippen LogP) is 3.90. The summed E-state index contributed by atoms with van der Waals surface area (Å²) in [6.45, 7) is 0.746. The second kappa shape index (κ2) is 5.78. The van der Waals surface area contributed by atoms with Crippen molar-refractivity contribution >= 4 is 22.5 Å². The van der Waals surface area contributed by atoms with Gasteiger partial charge >= 0.3 is 0 Å². The van der Waals surface area contributed by atoms with Gasteiger partial charge in [-0.05, 0) is 30.2 Å². The quantitative estimate of drug-likeness (QED) is 0.721. The van der Waals surface area contributed by atoms with Gasteiger partial charge in [-0.2, -0.15) is 5.26 Å². The summed E-state index contributed by atoms with van der Waals surface area (Å²) in [5.74, 6) is 0.153. The number of carbonyl (C=O) groups is 1. The molecule has 1 aromatic heterocycles. The van der Waals surface area contributed by atoms with Gasteiger partial charge in [-0.3, -0.25) is 9.78 Å². The van der Waals surface area contributed by atoms with E-state index in [0.717, 1.165) is 40.7 Å². The Balaban J connectivity index is 1.98. The standard InChI is InChI=1S/C20H15N3O/c21-12-15-13-22-18-9-8-16(23-10-4-7-19(23)24)11-17(18)20(15)14-5-2-1-3-6-14/h1-3,5-6,8-9,11,13H,4,7,10H2. The molecule has 0 unspecified atom stereocenters. The molecule has 1 saturated heterocycles. The maximum Gasteiger partial charge on any atom is 0.227 e. The molecule has 4 rings (SSSR count). The van der Waals surface area contributed by atoms with Crippen molar-refractivity contribution in [3.63, 3.8) is 0 Å². The summed E-state index contributed by atoms with van der Waals surface area (Å²) < 4.78 is 0. The highest BCUT2D eigenvalue weighted by atomic mass is 16.2. The molecule has 2 heterocycles. The molecule has 0 atom stereocenters. The minimum atomic E-state index is 0.153. The van der Waals surface area contributed by atoms with Crippen LogP contribution in [0.3, 0.4) is 0 Å². The van der Waals surface area contributed by atoms with Crippen molar-refractivity contribution in [1.29, 1.82) is 5.26 Å². The van der Waals surface area contributed by atoms with Crippen LogP contribution in [-0.4, -0.2) is 17.4 Å². The molecule has 116 valence electrons. The largest absolute Gasteiger partial charge is 0.312 e. The topological polar surface area (TPSA) is 57.0 Å². The third-order valence-corrected chi connectivity index (χ3v) is 4.42. The second-order valence-corrected chi connectivity index (χ2v) is 5.88. The number of hydrogen-bond donors (Lipinski definition) is 0. The first-order chi connectivity index (χ1) is 11.8. The molecule has 0 N–H and O–H groups in total. The van der Waals surface area contributed by atoms with Gasteiger partial charge in [0.25, 0.3) is 0 Å². The molecule has 1 amide bonds. The zero-order valence-corrected chi connectivity index (χ0v) is 13.1. The van der Waals surface area contributed by atoms with Crippen LogP contribution in [-0.2, 0) is 4.79 Å². The van der Waals surface area contributed by atoms with Crippen molar-refractivity contribution in [3.8, 4) is 17.2 Å². The van der Waals surface area contributed by atoms with Crippen molar-refractivity contribution < 1.29 is 4.79 Å². The molecule has 1 fully saturated rings. The minimum Gasteiger partial charge on any atom is -0.312 e. The van der Waals surface area contributed by atoms with E-state index in [0.29, 0.717) is 12.0 Å². The van der Waals surface area contributed by atoms with E-state index in [2.05, 4.69) is 11.1 Å². The molecular weight excluding hydrogens is 298 g/mol. The number of benzene rings is 2. The summed E-state index contributed by atoms with van der Waals surface area (Å²) in [4.78, 5) is 18.3. The van der Waals surface area contributed by atoms with Crippen LogP contribution in [0.25, 0.3) is 22.0 Å². The summed E-state index contributed by atoms with van der Waals surface area (Å²) >= 11 is 0. The van der Waals surface area contributed by atoms with Crippen LogP contribution in [0.5, 0.6) is 0 Å². The fourth-order valence-corrected chi connectivity index (χ4v) is 3.27. The fraction of sp³-hybridized carbons (Fsp3) is 0.150. The van der Waals surface area contributed by atoms with E-state index in [1.54, 1.807) is 6.20 Å². The highest BCUT2D eigenvalue weighted by Crippen LogP contribution is 2.34. The van der Waals surface area contributed by atoms with Crippen molar-refractivity contribution in [1.82, 2.24) is 4.98 Å². The van der Waals surface area contributed by atoms with Gasteiger partial charge in [0.15, 0.2) is 0 Å². The van der Waals surface area contributed by atoms with E-state index in [1.807, 2.05) is 53.4 Å². The number of carbonyl (C=O) groups excluding carboxylic acids is 1. The molecule has 0 bridgehead atoms. The van der Waals surface area contributed by atoms with Crippen LogP contribution in [0.2, 0.25) is 0 Å². The molecular formula is C20H15N3O. The fourth-order valence-electron chi connectivity index (χ4n) is 3.27. The van der Waals surface area contributed by atoms with Crippen molar-refractivity contribution in [2.75, 3.05) is 11.4 Å². The van der Waals surface area contributed by atoms with E-state index in [-0.39, 0.29) is 5.91 Å². The first-order valence-electron chi connectivity index (χ1n) is 7.96. The van der Waals surface area contributed by atoms with Crippen molar-refractivity contribution in [2.45, 2.75) is 12.8 Å². The maximum atomic E-state index is 12.0. The summed E-state index contributed by atoms with van der Waals surface area (Å²) in [6.07, 6.45) is 3.10. The summed E-state index contributed by atoms with van der Waals surface area (Å²) in [6, 6.07) is 17.9. The van der Waals surface area contributed by atoms with Gasteiger partial charge in [0.1, 0.15) is 6.07 Å². The third kappa shape index (κ3) is 2.31. The number of hydrogen-bond acceptors (Lipinski definition) is 3. The molecule has 4 nitrogen and oxygen atoms in total. The zero-order valence-electron chi connectivity index (χ0n) is 13.1. The smallest absolute Gasteiger partial charge is 0.227 e. The van der Waals surface area contributed by atoms with Gasteiger partial charge in [0.05, 0.1) is 11.1 Å². The molecule has 1 aliphatic rings. The molecule has 3 aromatic rings. The van der Waals surface area contributed by atoms with Crippen LogP contribution in [0.15, 0.2) is 54.7 Å². The van der Waals surface area contributed by atoms with Crippen LogP contribution in [0.4, 0.5) is 5.69 Å². The SMILES string of the molecule is N#Cc1cnc2ccc(N3CCCC3=O)cc2c1-c1ccccc1. The lowest BCUT2D eigenvalue weighted by atomic mass is 9.96. The van der Waals surface area contributed by atoms with Crippen LogP contribution >= 0.6 is 0 Å². The molecule has 24 heavy (non-hydrogen) atoms. The van der Waals surface area contributed by atoms with Crippen LogP contribution < -0.4 is 4.90 Å². The zero-order chi connectivity index (χ0) is 16.5. The van der Waals surface area contributed by atoms with Gasteiger partial charge in [-0.1, -0.05) is 30.3 Å². The Morgan fingerprint density at radius 1 is 1.12 bits per heavy atom. The van der Waals surface area contributed by atoms with E-state index in [1.165, 1.54) is 0 Å². The predicted molar refractivity (Wildman–Crippen MR) is 93.5 cm³/mol. The molecule has 1 aliphatic heterocycles. The monoisotopic (exact) mass is 313 g/mol. The third-order valence-electron chi connectivity index (χ3n) is 4.42. The number of aromatic nitrogens is 1. The molecule has 2 aromatic carbocycles. The lowest BCUT2D eigenvalue weighted by Crippen LogP contribution is -2.23. The van der Waals surface area contributed by atoms with Crippen molar-refractivity contribution in [3.05, 3.63) is 60.3 Å². The number of amides is 1. The summed E-state index contributed by atoms with van der Waals surface area (Å²) in [5.41, 5.74) is 4.09. The molecule has 0 radical (unpaired) electrons.